The zero-order valence-electron chi connectivity index (χ0n) is 13.9. The molecule has 1 aliphatic heterocycles. The molecule has 2 heterocycles. The van der Waals surface area contributed by atoms with E-state index < -0.39 is 0 Å². The van der Waals surface area contributed by atoms with Crippen molar-refractivity contribution in [3.05, 3.63) is 46.2 Å². The van der Waals surface area contributed by atoms with Gasteiger partial charge in [0, 0.05) is 23.3 Å². The summed E-state index contributed by atoms with van der Waals surface area (Å²) in [4.78, 5) is 23.5. The molecule has 0 spiro atoms. The molecule has 2 aromatic rings. The molecule has 1 atom stereocenters. The average molecular weight is 389 g/mol. The normalized spacial score (nSPS) is 17.6. The summed E-state index contributed by atoms with van der Waals surface area (Å²) in [7, 11) is 0. The summed E-state index contributed by atoms with van der Waals surface area (Å²) in [6.45, 7) is 5.67. The van der Waals surface area contributed by atoms with E-state index in [9.17, 15) is 4.79 Å². The average Bonchev–Trinajstić information content (AvgIpc) is 2.56. The Bertz CT molecular complexity index is 750. The van der Waals surface area contributed by atoms with Gasteiger partial charge in [-0.05, 0) is 59.8 Å². The first-order valence-electron chi connectivity index (χ1n) is 8.19. The van der Waals surface area contributed by atoms with Crippen LogP contribution in [0.3, 0.4) is 0 Å². The van der Waals surface area contributed by atoms with Gasteiger partial charge in [-0.1, -0.05) is 19.1 Å². The third-order valence-corrected chi connectivity index (χ3v) is 4.83. The van der Waals surface area contributed by atoms with Crippen molar-refractivity contribution in [3.63, 3.8) is 0 Å². The van der Waals surface area contributed by atoms with Crippen LogP contribution in [-0.2, 0) is 0 Å². The number of hydrogen-bond donors (Lipinski definition) is 1. The van der Waals surface area contributed by atoms with E-state index in [0.717, 1.165) is 35.4 Å². The molecule has 1 aliphatic rings. The molecule has 1 aromatic heterocycles. The Morgan fingerprint density at radius 1 is 1.33 bits per heavy atom. The molecule has 1 aromatic carbocycles. The number of piperidine rings is 1. The monoisotopic (exact) mass is 388 g/mol. The minimum absolute atomic E-state index is 0.0118. The lowest BCUT2D eigenvalue weighted by atomic mass is 10.00. The Kier molecular flexibility index (Phi) is 5.14. The van der Waals surface area contributed by atoms with Crippen molar-refractivity contribution in [2.75, 3.05) is 18.4 Å². The number of rotatable bonds is 3. The summed E-state index contributed by atoms with van der Waals surface area (Å²) in [5.41, 5.74) is 2.09. The number of carbonyl (C=O) groups is 1. The van der Waals surface area contributed by atoms with E-state index in [-0.39, 0.29) is 5.91 Å². The maximum absolute atomic E-state index is 12.8. The van der Waals surface area contributed by atoms with Crippen molar-refractivity contribution in [2.45, 2.75) is 26.7 Å². The molecule has 0 radical (unpaired) electrons. The molecule has 0 saturated carbocycles. The maximum atomic E-state index is 12.8. The van der Waals surface area contributed by atoms with Crippen molar-refractivity contribution >= 4 is 33.5 Å². The third kappa shape index (κ3) is 3.93. The van der Waals surface area contributed by atoms with E-state index in [4.69, 9.17) is 0 Å². The lowest BCUT2D eigenvalue weighted by Gasteiger charge is -2.30. The van der Waals surface area contributed by atoms with E-state index in [0.29, 0.717) is 17.6 Å². The molecule has 0 aliphatic carbocycles. The van der Waals surface area contributed by atoms with Crippen molar-refractivity contribution < 1.29 is 4.79 Å². The number of likely N-dealkylation sites (tertiary alicyclic amines) is 1. The van der Waals surface area contributed by atoms with Crippen molar-refractivity contribution in [1.82, 2.24) is 14.9 Å². The number of nitrogens with one attached hydrogen (secondary N) is 1. The topological polar surface area (TPSA) is 58.1 Å². The van der Waals surface area contributed by atoms with Gasteiger partial charge in [0.1, 0.15) is 5.69 Å². The van der Waals surface area contributed by atoms with E-state index in [1.165, 1.54) is 6.42 Å². The van der Waals surface area contributed by atoms with Gasteiger partial charge in [0.2, 0.25) is 5.95 Å². The molecule has 1 fully saturated rings. The largest absolute Gasteiger partial charge is 0.337 e. The zero-order chi connectivity index (χ0) is 17.1. The molecule has 126 valence electrons. The lowest BCUT2D eigenvalue weighted by molar-refractivity contribution is 0.0677. The number of hydrogen-bond acceptors (Lipinski definition) is 4. The fourth-order valence-corrected chi connectivity index (χ4v) is 3.34. The molecule has 1 amide bonds. The number of nitrogens with zero attached hydrogens (tertiary/aromatic N) is 3. The standard InChI is InChI=1S/C18H21BrN4O/c1-12-6-5-9-23(11-12)17(24)16-10-13(2)20-18(22-16)21-15-8-4-3-7-14(15)19/h3-4,7-8,10,12H,5-6,9,11H2,1-2H3,(H,20,21,22). The second kappa shape index (κ2) is 7.30. The van der Waals surface area contributed by atoms with E-state index in [1.807, 2.05) is 36.1 Å². The Morgan fingerprint density at radius 2 is 2.12 bits per heavy atom. The maximum Gasteiger partial charge on any atom is 0.272 e. The van der Waals surface area contributed by atoms with E-state index >= 15 is 0 Å². The SMILES string of the molecule is Cc1cc(C(=O)N2CCCC(C)C2)nc(Nc2ccccc2Br)n1. The Hall–Kier alpha value is -1.95. The second-order valence-corrected chi connectivity index (χ2v) is 7.18. The van der Waals surface area contributed by atoms with Crippen molar-refractivity contribution in [2.24, 2.45) is 5.92 Å². The van der Waals surface area contributed by atoms with Crippen LogP contribution in [0.25, 0.3) is 0 Å². The Labute approximate surface area is 150 Å². The zero-order valence-corrected chi connectivity index (χ0v) is 15.5. The first-order chi connectivity index (χ1) is 11.5. The van der Waals surface area contributed by atoms with Gasteiger partial charge in [-0.2, -0.15) is 0 Å². The number of para-hydroxylation sites is 1. The highest BCUT2D eigenvalue weighted by atomic mass is 79.9. The van der Waals surface area contributed by atoms with Crippen LogP contribution >= 0.6 is 15.9 Å². The van der Waals surface area contributed by atoms with Gasteiger partial charge in [0.25, 0.3) is 5.91 Å². The number of benzene rings is 1. The molecule has 24 heavy (non-hydrogen) atoms. The number of halogens is 1. The molecular formula is C18H21BrN4O. The highest BCUT2D eigenvalue weighted by Gasteiger charge is 2.23. The quantitative estimate of drug-likeness (QED) is 0.857. The summed E-state index contributed by atoms with van der Waals surface area (Å²) in [6, 6.07) is 9.51. The first kappa shape index (κ1) is 16.9. The summed E-state index contributed by atoms with van der Waals surface area (Å²) < 4.78 is 0.924. The van der Waals surface area contributed by atoms with E-state index in [2.05, 4.69) is 38.1 Å². The number of aromatic nitrogens is 2. The predicted molar refractivity (Wildman–Crippen MR) is 98.5 cm³/mol. The van der Waals surface area contributed by atoms with Crippen LogP contribution in [0.1, 0.15) is 35.9 Å². The summed E-state index contributed by atoms with van der Waals surface area (Å²) >= 11 is 3.50. The first-order valence-corrected chi connectivity index (χ1v) is 8.99. The van der Waals surface area contributed by atoms with Gasteiger partial charge in [0.05, 0.1) is 5.69 Å². The Balaban J connectivity index is 1.83. The van der Waals surface area contributed by atoms with Gasteiger partial charge in [-0.3, -0.25) is 4.79 Å². The minimum Gasteiger partial charge on any atom is -0.337 e. The molecular weight excluding hydrogens is 368 g/mol. The molecule has 1 unspecified atom stereocenters. The molecule has 5 nitrogen and oxygen atoms in total. The van der Waals surface area contributed by atoms with Crippen molar-refractivity contribution in [3.8, 4) is 0 Å². The van der Waals surface area contributed by atoms with Crippen LogP contribution in [0.2, 0.25) is 0 Å². The molecule has 0 bridgehead atoms. The number of amides is 1. The summed E-state index contributed by atoms with van der Waals surface area (Å²) in [5.74, 6) is 0.973. The molecule has 1 saturated heterocycles. The smallest absolute Gasteiger partial charge is 0.272 e. The predicted octanol–water partition coefficient (Wildman–Crippen LogP) is 4.16. The fourth-order valence-electron chi connectivity index (χ4n) is 2.95. The van der Waals surface area contributed by atoms with Crippen LogP contribution in [0.5, 0.6) is 0 Å². The molecule has 3 rings (SSSR count). The third-order valence-electron chi connectivity index (χ3n) is 4.14. The lowest BCUT2D eigenvalue weighted by Crippen LogP contribution is -2.39. The number of carbonyl (C=O) groups excluding carboxylic acids is 1. The highest BCUT2D eigenvalue weighted by molar-refractivity contribution is 9.10. The van der Waals surface area contributed by atoms with E-state index in [1.54, 1.807) is 6.07 Å². The van der Waals surface area contributed by atoms with Gasteiger partial charge < -0.3 is 10.2 Å². The number of aryl methyl sites for hydroxylation is 1. The fraction of sp³-hybridized carbons (Fsp3) is 0.389. The molecule has 6 heteroatoms. The van der Waals surface area contributed by atoms with Crippen LogP contribution in [-0.4, -0.2) is 33.9 Å². The molecule has 1 N–H and O–H groups in total. The van der Waals surface area contributed by atoms with Crippen LogP contribution < -0.4 is 5.32 Å². The van der Waals surface area contributed by atoms with Crippen LogP contribution in [0, 0.1) is 12.8 Å². The number of anilines is 2. The summed E-state index contributed by atoms with van der Waals surface area (Å²) in [6.07, 6.45) is 2.24. The summed E-state index contributed by atoms with van der Waals surface area (Å²) in [5, 5.41) is 3.18. The van der Waals surface area contributed by atoms with Crippen LogP contribution in [0.15, 0.2) is 34.8 Å². The van der Waals surface area contributed by atoms with Gasteiger partial charge in [-0.25, -0.2) is 9.97 Å². The highest BCUT2D eigenvalue weighted by Crippen LogP contribution is 2.24. The Morgan fingerprint density at radius 3 is 2.88 bits per heavy atom. The van der Waals surface area contributed by atoms with Crippen molar-refractivity contribution in [1.29, 1.82) is 0 Å². The van der Waals surface area contributed by atoms with Gasteiger partial charge >= 0.3 is 0 Å². The van der Waals surface area contributed by atoms with Crippen LogP contribution in [0.4, 0.5) is 11.6 Å². The second-order valence-electron chi connectivity index (χ2n) is 6.32. The minimum atomic E-state index is -0.0118. The van der Waals surface area contributed by atoms with Gasteiger partial charge in [-0.15, -0.1) is 0 Å². The van der Waals surface area contributed by atoms with Gasteiger partial charge in [0.15, 0.2) is 0 Å².